The van der Waals surface area contributed by atoms with Gasteiger partial charge in [0.15, 0.2) is 0 Å². The van der Waals surface area contributed by atoms with Gasteiger partial charge in [0.25, 0.3) is 0 Å². The Kier molecular flexibility index (Phi) is 7.55. The van der Waals surface area contributed by atoms with Crippen LogP contribution in [-0.2, 0) is 4.74 Å². The number of pyridine rings is 1. The number of benzene rings is 3. The number of ether oxygens (including phenoxy) is 1. The first-order valence-corrected chi connectivity index (χ1v) is 11.8. The van der Waals surface area contributed by atoms with Crippen molar-refractivity contribution in [3.63, 3.8) is 0 Å². The van der Waals surface area contributed by atoms with E-state index < -0.39 is 0 Å². The van der Waals surface area contributed by atoms with Gasteiger partial charge in [-0.3, -0.25) is 0 Å². The van der Waals surface area contributed by atoms with E-state index in [1.54, 1.807) is 13.1 Å². The SMILES string of the molecule is CCOC(=O)c1cc(-c2ccc(Cl)cc2)c(NSc2ccccn2)c(-c2ccc(Cl)cc2)c1. The minimum atomic E-state index is -0.383. The van der Waals surface area contributed by atoms with Crippen LogP contribution in [0.15, 0.2) is 90.1 Å². The number of aromatic nitrogens is 1. The van der Waals surface area contributed by atoms with Crippen LogP contribution >= 0.6 is 35.1 Å². The number of hydrogen-bond donors (Lipinski definition) is 1. The summed E-state index contributed by atoms with van der Waals surface area (Å²) in [5, 5.41) is 2.09. The third-order valence-corrected chi connectivity index (χ3v) is 6.12. The molecule has 33 heavy (non-hydrogen) atoms. The molecule has 0 spiro atoms. The third-order valence-electron chi connectivity index (χ3n) is 4.86. The van der Waals surface area contributed by atoms with Crippen LogP contribution < -0.4 is 4.72 Å². The Bertz CT molecular complexity index is 1180. The van der Waals surface area contributed by atoms with Crippen molar-refractivity contribution in [2.24, 2.45) is 0 Å². The van der Waals surface area contributed by atoms with Gasteiger partial charge in [-0.05, 0) is 66.6 Å². The molecular formula is C26H20Cl2N2O2S. The van der Waals surface area contributed by atoms with E-state index in [9.17, 15) is 4.79 Å². The molecule has 0 saturated heterocycles. The predicted octanol–water partition coefficient (Wildman–Crippen LogP) is 8.02. The molecule has 0 unspecified atom stereocenters. The first-order valence-electron chi connectivity index (χ1n) is 10.3. The van der Waals surface area contributed by atoms with Gasteiger partial charge in [0.05, 0.1) is 17.9 Å². The standard InChI is InChI=1S/C26H20Cl2N2O2S/c1-2-32-26(31)19-15-22(17-6-10-20(27)11-7-17)25(30-33-24-5-3-4-14-29-24)23(16-19)18-8-12-21(28)13-9-18/h3-16,30H,2H2,1H3. The average Bonchev–Trinajstić information content (AvgIpc) is 2.84. The second kappa shape index (κ2) is 10.8. The number of esters is 1. The summed E-state index contributed by atoms with van der Waals surface area (Å²) >= 11 is 13.7. The fourth-order valence-corrected chi connectivity index (χ4v) is 4.25. The van der Waals surface area contributed by atoms with Gasteiger partial charge in [0.1, 0.15) is 5.03 Å². The molecule has 3 aromatic carbocycles. The first kappa shape index (κ1) is 23.2. The number of rotatable bonds is 7. The van der Waals surface area contributed by atoms with E-state index in [-0.39, 0.29) is 5.97 Å². The molecule has 4 aromatic rings. The lowest BCUT2D eigenvalue weighted by atomic mass is 9.93. The topological polar surface area (TPSA) is 51.2 Å². The molecule has 0 amide bonds. The van der Waals surface area contributed by atoms with E-state index in [2.05, 4.69) is 9.71 Å². The van der Waals surface area contributed by atoms with Crippen molar-refractivity contribution < 1.29 is 9.53 Å². The summed E-state index contributed by atoms with van der Waals surface area (Å²) in [5.41, 5.74) is 4.79. The summed E-state index contributed by atoms with van der Waals surface area (Å²) in [6.45, 7) is 2.08. The molecule has 4 rings (SSSR count). The van der Waals surface area contributed by atoms with Gasteiger partial charge >= 0.3 is 5.97 Å². The molecule has 166 valence electrons. The minimum Gasteiger partial charge on any atom is -0.462 e. The molecule has 4 nitrogen and oxygen atoms in total. The Morgan fingerprint density at radius 1 is 0.909 bits per heavy atom. The summed E-state index contributed by atoms with van der Waals surface area (Å²) in [4.78, 5) is 17.1. The minimum absolute atomic E-state index is 0.293. The summed E-state index contributed by atoms with van der Waals surface area (Å²) in [6, 6.07) is 24.4. The van der Waals surface area contributed by atoms with Gasteiger partial charge in [-0.25, -0.2) is 9.78 Å². The average molecular weight is 495 g/mol. The summed E-state index contributed by atoms with van der Waals surface area (Å²) in [7, 11) is 0. The van der Waals surface area contributed by atoms with Gasteiger partial charge < -0.3 is 9.46 Å². The van der Waals surface area contributed by atoms with Gasteiger partial charge in [-0.2, -0.15) is 0 Å². The second-order valence-corrected chi connectivity index (χ2v) is 8.75. The van der Waals surface area contributed by atoms with Crippen molar-refractivity contribution >= 4 is 46.8 Å². The van der Waals surface area contributed by atoms with Crippen molar-refractivity contribution in [1.82, 2.24) is 4.98 Å². The van der Waals surface area contributed by atoms with Crippen molar-refractivity contribution in [2.75, 3.05) is 11.3 Å². The molecule has 1 heterocycles. The number of nitrogens with zero attached hydrogens (tertiary/aromatic N) is 1. The number of anilines is 1. The van der Waals surface area contributed by atoms with Crippen molar-refractivity contribution in [2.45, 2.75) is 11.9 Å². The highest BCUT2D eigenvalue weighted by atomic mass is 35.5. The van der Waals surface area contributed by atoms with Gasteiger partial charge in [-0.1, -0.05) is 53.5 Å². The molecule has 0 aliphatic heterocycles. The zero-order chi connectivity index (χ0) is 23.2. The molecule has 0 atom stereocenters. The second-order valence-electron chi connectivity index (χ2n) is 7.05. The molecule has 1 N–H and O–H groups in total. The first-order chi connectivity index (χ1) is 16.0. The molecule has 0 aliphatic rings. The quantitative estimate of drug-likeness (QED) is 0.208. The van der Waals surface area contributed by atoms with Crippen LogP contribution in [0.4, 0.5) is 5.69 Å². The highest BCUT2D eigenvalue weighted by Crippen LogP contribution is 2.41. The fourth-order valence-electron chi connectivity index (χ4n) is 3.31. The van der Waals surface area contributed by atoms with Crippen molar-refractivity contribution in [3.8, 4) is 22.3 Å². The van der Waals surface area contributed by atoms with Crippen molar-refractivity contribution in [1.29, 1.82) is 0 Å². The maximum atomic E-state index is 12.7. The summed E-state index contributed by atoms with van der Waals surface area (Å²) in [5.74, 6) is -0.383. The van der Waals surface area contributed by atoms with E-state index in [0.29, 0.717) is 22.2 Å². The maximum Gasteiger partial charge on any atom is 0.338 e. The third kappa shape index (κ3) is 5.69. The Labute approximate surface area is 207 Å². The Morgan fingerprint density at radius 2 is 1.48 bits per heavy atom. The number of halogens is 2. The zero-order valence-corrected chi connectivity index (χ0v) is 20.0. The van der Waals surface area contributed by atoms with Crippen LogP contribution in [0.5, 0.6) is 0 Å². The Hall–Kier alpha value is -2.99. The van der Waals surface area contributed by atoms with Gasteiger partial charge in [-0.15, -0.1) is 0 Å². The van der Waals surface area contributed by atoms with Crippen LogP contribution in [0.25, 0.3) is 22.3 Å². The maximum absolute atomic E-state index is 12.7. The lowest BCUT2D eigenvalue weighted by molar-refractivity contribution is 0.0526. The lowest BCUT2D eigenvalue weighted by Gasteiger charge is -2.19. The Morgan fingerprint density at radius 3 is 1.97 bits per heavy atom. The van der Waals surface area contributed by atoms with Crippen LogP contribution in [-0.4, -0.2) is 17.6 Å². The number of carbonyl (C=O) groups excluding carboxylic acids is 1. The molecule has 0 radical (unpaired) electrons. The van der Waals surface area contributed by atoms with Crippen molar-refractivity contribution in [3.05, 3.63) is 101 Å². The van der Waals surface area contributed by atoms with Gasteiger partial charge in [0.2, 0.25) is 0 Å². The predicted molar refractivity (Wildman–Crippen MR) is 137 cm³/mol. The van der Waals surface area contributed by atoms with E-state index in [1.165, 1.54) is 11.9 Å². The van der Waals surface area contributed by atoms with E-state index >= 15 is 0 Å². The highest BCUT2D eigenvalue weighted by Gasteiger charge is 2.19. The summed E-state index contributed by atoms with van der Waals surface area (Å²) < 4.78 is 8.76. The number of carbonyl (C=O) groups is 1. The summed E-state index contributed by atoms with van der Waals surface area (Å²) in [6.07, 6.45) is 1.74. The monoisotopic (exact) mass is 494 g/mol. The molecule has 0 fully saturated rings. The number of nitrogens with one attached hydrogen (secondary N) is 1. The smallest absolute Gasteiger partial charge is 0.338 e. The van der Waals surface area contributed by atoms with Crippen LogP contribution in [0.1, 0.15) is 17.3 Å². The van der Waals surface area contributed by atoms with E-state index in [4.69, 9.17) is 27.9 Å². The van der Waals surface area contributed by atoms with Gasteiger partial charge in [0, 0.05) is 39.3 Å². The molecule has 0 saturated carbocycles. The molecule has 0 bridgehead atoms. The molecular weight excluding hydrogens is 475 g/mol. The fraction of sp³-hybridized carbons (Fsp3) is 0.0769. The van der Waals surface area contributed by atoms with Crippen LogP contribution in [0, 0.1) is 0 Å². The van der Waals surface area contributed by atoms with E-state index in [0.717, 1.165) is 33.0 Å². The highest BCUT2D eigenvalue weighted by molar-refractivity contribution is 8.00. The zero-order valence-electron chi connectivity index (χ0n) is 17.7. The molecule has 1 aromatic heterocycles. The Balaban J connectivity index is 1.90. The molecule has 0 aliphatic carbocycles. The largest absolute Gasteiger partial charge is 0.462 e. The van der Waals surface area contributed by atoms with Crippen LogP contribution in [0.3, 0.4) is 0 Å². The number of hydrogen-bond acceptors (Lipinski definition) is 5. The van der Waals surface area contributed by atoms with Crippen LogP contribution in [0.2, 0.25) is 10.0 Å². The van der Waals surface area contributed by atoms with E-state index in [1.807, 2.05) is 78.9 Å². The lowest BCUT2D eigenvalue weighted by Crippen LogP contribution is -2.06. The molecule has 7 heteroatoms. The normalized spacial score (nSPS) is 10.6.